The lowest BCUT2D eigenvalue weighted by molar-refractivity contribution is 0.0682. The largest absolute Gasteiger partial charge is 0.496 e. The van der Waals surface area contributed by atoms with E-state index in [4.69, 9.17) is 23.6 Å². The van der Waals surface area contributed by atoms with Crippen LogP contribution in [-0.4, -0.2) is 79.7 Å². The number of morpholine rings is 1. The highest BCUT2D eigenvalue weighted by Gasteiger charge is 2.29. The Hall–Kier alpha value is -2.42. The summed E-state index contributed by atoms with van der Waals surface area (Å²) in [6.07, 6.45) is 4.41. The molecule has 7 nitrogen and oxygen atoms in total. The van der Waals surface area contributed by atoms with Crippen molar-refractivity contribution in [2.75, 3.05) is 52.5 Å². The van der Waals surface area contributed by atoms with E-state index < -0.39 is 10.3 Å². The average Bonchev–Trinajstić information content (AvgIpc) is 2.85. The lowest BCUT2D eigenvalue weighted by atomic mass is 10.1. The van der Waals surface area contributed by atoms with E-state index in [9.17, 15) is 0 Å². The van der Waals surface area contributed by atoms with Gasteiger partial charge in [0.1, 0.15) is 11.6 Å². The van der Waals surface area contributed by atoms with E-state index in [0.717, 1.165) is 47.1 Å². The summed E-state index contributed by atoms with van der Waals surface area (Å²) in [7, 11) is 0.426. The van der Waals surface area contributed by atoms with Gasteiger partial charge in [0.25, 0.3) is 0 Å². The smallest absolute Gasteiger partial charge is 0.162 e. The van der Waals surface area contributed by atoms with Crippen LogP contribution in [0.3, 0.4) is 0 Å². The van der Waals surface area contributed by atoms with E-state index in [1.807, 2.05) is 31.2 Å². The predicted octanol–water partition coefficient (Wildman–Crippen LogP) is 5.48. The van der Waals surface area contributed by atoms with Gasteiger partial charge < -0.3 is 18.6 Å². The summed E-state index contributed by atoms with van der Waals surface area (Å²) < 4.78 is 17.7. The number of aliphatic imine (C=N–C) groups is 2. The van der Waals surface area contributed by atoms with Crippen molar-refractivity contribution in [3.8, 4) is 17.0 Å². The second-order valence-electron chi connectivity index (χ2n) is 9.76. The molecule has 0 saturated carbocycles. The van der Waals surface area contributed by atoms with Gasteiger partial charge in [-0.1, -0.05) is 20.8 Å². The van der Waals surface area contributed by atoms with Crippen molar-refractivity contribution in [2.45, 2.75) is 39.0 Å². The fourth-order valence-electron chi connectivity index (χ4n) is 3.62. The molecule has 0 aliphatic carbocycles. The van der Waals surface area contributed by atoms with Gasteiger partial charge in [-0.2, -0.15) is 0 Å². The van der Waals surface area contributed by atoms with Crippen LogP contribution in [0.15, 0.2) is 40.3 Å². The molecule has 0 bridgehead atoms. The van der Waals surface area contributed by atoms with E-state index in [-0.39, 0.29) is 4.75 Å². The molecule has 0 unspecified atom stereocenters. The van der Waals surface area contributed by atoms with Gasteiger partial charge in [0.2, 0.25) is 0 Å². The number of hydrogen-bond donors (Lipinski definition) is 0. The molecule has 1 fully saturated rings. The van der Waals surface area contributed by atoms with E-state index in [1.165, 1.54) is 0 Å². The van der Waals surface area contributed by atoms with Crippen molar-refractivity contribution >= 4 is 28.7 Å². The van der Waals surface area contributed by atoms with Crippen molar-refractivity contribution in [3.63, 3.8) is 0 Å². The van der Waals surface area contributed by atoms with Gasteiger partial charge in [0.15, 0.2) is 5.82 Å². The Labute approximate surface area is 212 Å². The maximum atomic E-state index is 6.43. The molecule has 192 valence electrons. The molecule has 2 heterocycles. The molecule has 1 aliphatic rings. The lowest BCUT2D eigenvalue weighted by Gasteiger charge is -2.43. The van der Waals surface area contributed by atoms with Gasteiger partial charge in [-0.05, 0) is 56.5 Å². The van der Waals surface area contributed by atoms with E-state index in [0.29, 0.717) is 32.2 Å². The minimum Gasteiger partial charge on any atom is -0.496 e. The third kappa shape index (κ3) is 6.42. The standard InChI is InChI=1S/C27H40N4O3S/c1-9-29-26(31-14-16-33-17-15-31)22-11-12-23(30-25(22)28-5)20-10-13-24(32-6)21(18-20)19-34-35(7,8)27(2,3)4/h10-13,18H,5,9,14-17,19H2,1-4,6-8H3. The molecule has 1 aliphatic heterocycles. The Balaban J connectivity index is 1.94. The number of amidine groups is 1. The second kappa shape index (κ2) is 11.5. The summed E-state index contributed by atoms with van der Waals surface area (Å²) in [6, 6.07) is 10.1. The molecular formula is C27H40N4O3S. The maximum Gasteiger partial charge on any atom is 0.162 e. The first-order valence-electron chi connectivity index (χ1n) is 12.0. The Bertz CT molecular complexity index is 1060. The van der Waals surface area contributed by atoms with E-state index in [2.05, 4.69) is 56.0 Å². The molecule has 35 heavy (non-hydrogen) atoms. The van der Waals surface area contributed by atoms with Gasteiger partial charge in [-0.15, -0.1) is 10.3 Å². The molecular weight excluding hydrogens is 460 g/mol. The Kier molecular flexibility index (Phi) is 8.96. The highest BCUT2D eigenvalue weighted by molar-refractivity contribution is 8.29. The molecule has 1 aromatic carbocycles. The highest BCUT2D eigenvalue weighted by atomic mass is 32.3. The van der Waals surface area contributed by atoms with Crippen molar-refractivity contribution in [1.29, 1.82) is 0 Å². The van der Waals surface area contributed by atoms with Crippen molar-refractivity contribution < 1.29 is 13.7 Å². The number of rotatable bonds is 8. The molecule has 2 aromatic rings. The Morgan fingerprint density at radius 1 is 1.17 bits per heavy atom. The Morgan fingerprint density at radius 2 is 1.89 bits per heavy atom. The first-order valence-corrected chi connectivity index (χ1v) is 14.4. The first-order chi connectivity index (χ1) is 16.6. The van der Waals surface area contributed by atoms with Crippen LogP contribution in [0.4, 0.5) is 5.82 Å². The summed E-state index contributed by atoms with van der Waals surface area (Å²) in [5, 5.41) is 0. The number of methoxy groups -OCH3 is 1. The number of pyridine rings is 1. The summed E-state index contributed by atoms with van der Waals surface area (Å²) in [4.78, 5) is 16.1. The van der Waals surface area contributed by atoms with Gasteiger partial charge in [0.05, 0.1) is 38.2 Å². The molecule has 1 aromatic heterocycles. The van der Waals surface area contributed by atoms with Crippen LogP contribution >= 0.6 is 10.3 Å². The molecule has 0 spiro atoms. The van der Waals surface area contributed by atoms with Crippen LogP contribution < -0.4 is 4.74 Å². The Morgan fingerprint density at radius 3 is 2.49 bits per heavy atom. The zero-order chi connectivity index (χ0) is 25.6. The quantitative estimate of drug-likeness (QED) is 0.355. The summed E-state index contributed by atoms with van der Waals surface area (Å²) in [5.74, 6) is 2.28. The van der Waals surface area contributed by atoms with E-state index in [1.54, 1.807) is 7.11 Å². The number of aromatic nitrogens is 1. The average molecular weight is 501 g/mol. The van der Waals surface area contributed by atoms with Crippen molar-refractivity contribution in [3.05, 3.63) is 41.5 Å². The molecule has 1 saturated heterocycles. The maximum absolute atomic E-state index is 6.43. The van der Waals surface area contributed by atoms with Crippen LogP contribution in [0.2, 0.25) is 0 Å². The third-order valence-corrected chi connectivity index (χ3v) is 10.1. The lowest BCUT2D eigenvalue weighted by Crippen LogP contribution is -2.41. The van der Waals surface area contributed by atoms with Crippen molar-refractivity contribution in [2.24, 2.45) is 9.98 Å². The highest BCUT2D eigenvalue weighted by Crippen LogP contribution is 2.54. The molecule has 3 rings (SSSR count). The number of hydrogen-bond acceptors (Lipinski definition) is 6. The SMILES string of the molecule is C=Nc1nc(-c2ccc(OC)c(COS(C)(C)C(C)(C)C)c2)ccc1C(=NCC)N1CCOCC1. The van der Waals surface area contributed by atoms with Gasteiger partial charge in [-0.3, -0.25) is 4.99 Å². The van der Waals surface area contributed by atoms with Gasteiger partial charge >= 0.3 is 0 Å². The predicted molar refractivity (Wildman–Crippen MR) is 149 cm³/mol. The van der Waals surface area contributed by atoms with E-state index >= 15 is 0 Å². The summed E-state index contributed by atoms with van der Waals surface area (Å²) in [6.45, 7) is 16.6. The van der Waals surface area contributed by atoms with Crippen LogP contribution in [0, 0.1) is 0 Å². The third-order valence-electron chi connectivity index (χ3n) is 6.44. The van der Waals surface area contributed by atoms with Crippen LogP contribution in [-0.2, 0) is 15.5 Å². The molecule has 8 heteroatoms. The molecule has 0 amide bonds. The number of nitrogens with zero attached hydrogens (tertiary/aromatic N) is 4. The minimum absolute atomic E-state index is 0.0813. The molecule has 0 radical (unpaired) electrons. The topological polar surface area (TPSA) is 68.5 Å². The number of ether oxygens (including phenoxy) is 2. The zero-order valence-electron chi connectivity index (χ0n) is 22.3. The van der Waals surface area contributed by atoms with Gasteiger partial charge in [-0.25, -0.2) is 9.98 Å². The fraction of sp³-hybridized carbons (Fsp3) is 0.519. The zero-order valence-corrected chi connectivity index (χ0v) is 23.1. The monoisotopic (exact) mass is 500 g/mol. The minimum atomic E-state index is -1.26. The van der Waals surface area contributed by atoms with Crippen molar-refractivity contribution in [1.82, 2.24) is 9.88 Å². The molecule has 0 N–H and O–H groups in total. The summed E-state index contributed by atoms with van der Waals surface area (Å²) in [5.41, 5.74) is 3.68. The second-order valence-corrected chi connectivity index (χ2v) is 13.7. The first kappa shape index (κ1) is 27.2. The normalized spacial score (nSPS) is 15.7. The number of benzene rings is 1. The fourth-order valence-corrected chi connectivity index (χ4v) is 4.40. The van der Waals surface area contributed by atoms with Crippen LogP contribution in [0.5, 0.6) is 5.75 Å². The van der Waals surface area contributed by atoms with Gasteiger partial charge in [0, 0.05) is 35.5 Å². The van der Waals surface area contributed by atoms with Crippen LogP contribution in [0.1, 0.15) is 38.8 Å². The molecule has 0 atom stereocenters. The van der Waals surface area contributed by atoms with Crippen LogP contribution in [0.25, 0.3) is 11.3 Å². The summed E-state index contributed by atoms with van der Waals surface area (Å²) >= 11 is 0.